The van der Waals surface area contributed by atoms with Crippen molar-refractivity contribution in [1.29, 1.82) is 0 Å². The smallest absolute Gasteiger partial charge is 0.340 e. The number of hydrogen-bond acceptors (Lipinski definition) is 6. The maximum absolute atomic E-state index is 12.4. The molecule has 1 aromatic rings. The second kappa shape index (κ2) is 12.1. The second-order valence-corrected chi connectivity index (χ2v) is 6.23. The molecular weight excluding hydrogens is 356 g/mol. The van der Waals surface area contributed by atoms with Crippen molar-refractivity contribution in [2.24, 2.45) is 0 Å². The lowest BCUT2D eigenvalue weighted by atomic mass is 10.2. The molecule has 1 aromatic carbocycles. The van der Waals surface area contributed by atoms with E-state index in [9.17, 15) is 14.4 Å². The van der Waals surface area contributed by atoms with Crippen LogP contribution in [0.5, 0.6) is 0 Å². The summed E-state index contributed by atoms with van der Waals surface area (Å²) < 4.78 is 10.1. The molecule has 0 spiro atoms. The minimum absolute atomic E-state index is 0.156. The zero-order valence-corrected chi connectivity index (χ0v) is 15.8. The molecule has 1 atom stereocenters. The monoisotopic (exact) mass is 380 g/mol. The van der Waals surface area contributed by atoms with Crippen LogP contribution in [0.15, 0.2) is 41.8 Å². The maximum atomic E-state index is 12.4. The number of carbonyl (C=O) groups excluding carboxylic acids is 3. The van der Waals surface area contributed by atoms with Gasteiger partial charge in [0.1, 0.15) is 0 Å². The van der Waals surface area contributed by atoms with Crippen LogP contribution < -0.4 is 10.6 Å². The molecule has 0 aliphatic rings. The van der Waals surface area contributed by atoms with Crippen LogP contribution in [0.2, 0.25) is 0 Å². The molecule has 0 aliphatic heterocycles. The van der Waals surface area contributed by atoms with Gasteiger partial charge >= 0.3 is 5.97 Å². The Bertz CT molecular complexity index is 636. The Labute approximate surface area is 157 Å². The third-order valence-corrected chi connectivity index (χ3v) is 4.24. The third-order valence-electron chi connectivity index (χ3n) is 3.17. The summed E-state index contributed by atoms with van der Waals surface area (Å²) in [5.41, 5.74) is 0.311. The number of ether oxygens (including phenoxy) is 2. The van der Waals surface area contributed by atoms with Gasteiger partial charge in [0, 0.05) is 25.1 Å². The normalized spacial score (nSPS) is 11.3. The van der Waals surface area contributed by atoms with E-state index in [2.05, 4.69) is 17.2 Å². The molecule has 0 saturated heterocycles. The highest BCUT2D eigenvalue weighted by Gasteiger charge is 2.20. The van der Waals surface area contributed by atoms with Crippen LogP contribution in [0.3, 0.4) is 0 Å². The van der Waals surface area contributed by atoms with Gasteiger partial charge in [0.15, 0.2) is 6.10 Å². The Morgan fingerprint density at radius 1 is 1.27 bits per heavy atom. The summed E-state index contributed by atoms with van der Waals surface area (Å²) in [5.74, 6) is -1.02. The average molecular weight is 380 g/mol. The van der Waals surface area contributed by atoms with Crippen LogP contribution in [0.1, 0.15) is 17.3 Å². The van der Waals surface area contributed by atoms with Crippen LogP contribution in [0, 0.1) is 0 Å². The van der Waals surface area contributed by atoms with Gasteiger partial charge in [-0.3, -0.25) is 9.59 Å². The lowest BCUT2D eigenvalue weighted by molar-refractivity contribution is -0.128. The van der Waals surface area contributed by atoms with Gasteiger partial charge in [0.25, 0.3) is 5.91 Å². The topological polar surface area (TPSA) is 93.7 Å². The number of carbonyl (C=O) groups is 3. The van der Waals surface area contributed by atoms with Crippen molar-refractivity contribution >= 4 is 29.5 Å². The molecule has 0 aliphatic carbocycles. The van der Waals surface area contributed by atoms with Gasteiger partial charge in [-0.2, -0.15) is 0 Å². The molecular formula is C18H24N2O5S. The predicted octanol–water partition coefficient (Wildman–Crippen LogP) is 1.39. The van der Waals surface area contributed by atoms with E-state index in [-0.39, 0.29) is 11.7 Å². The van der Waals surface area contributed by atoms with E-state index in [0.29, 0.717) is 30.2 Å². The van der Waals surface area contributed by atoms with Crippen molar-refractivity contribution in [3.8, 4) is 0 Å². The number of benzene rings is 1. The van der Waals surface area contributed by atoms with Gasteiger partial charge in [-0.1, -0.05) is 18.2 Å². The van der Waals surface area contributed by atoms with E-state index < -0.39 is 18.0 Å². The molecule has 0 heterocycles. The van der Waals surface area contributed by atoms with Crippen molar-refractivity contribution in [2.45, 2.75) is 17.9 Å². The standard InChI is InChI=1S/C18H24N2O5S/c1-4-9-20-17(22)13(2)25-18(23)14-7-5-6-8-15(14)26-12-16(21)19-10-11-24-3/h4-8,13H,1,9-12H2,2-3H3,(H,19,21)(H,20,22)/t13-/m0/s1. The number of esters is 1. The van der Waals surface area contributed by atoms with E-state index in [1.807, 2.05) is 0 Å². The quantitative estimate of drug-likeness (QED) is 0.261. The van der Waals surface area contributed by atoms with E-state index in [1.54, 1.807) is 31.4 Å². The zero-order chi connectivity index (χ0) is 19.4. The van der Waals surface area contributed by atoms with Gasteiger partial charge in [0.05, 0.1) is 17.9 Å². The van der Waals surface area contributed by atoms with Crippen LogP contribution in [0.25, 0.3) is 0 Å². The van der Waals surface area contributed by atoms with Crippen molar-refractivity contribution in [3.63, 3.8) is 0 Å². The van der Waals surface area contributed by atoms with Crippen LogP contribution in [-0.2, 0) is 19.1 Å². The van der Waals surface area contributed by atoms with Crippen LogP contribution in [-0.4, -0.2) is 56.4 Å². The maximum Gasteiger partial charge on any atom is 0.340 e. The van der Waals surface area contributed by atoms with Crippen molar-refractivity contribution in [3.05, 3.63) is 42.5 Å². The first-order chi connectivity index (χ1) is 12.5. The second-order valence-electron chi connectivity index (χ2n) is 5.21. The lowest BCUT2D eigenvalue weighted by Crippen LogP contribution is -2.35. The minimum atomic E-state index is -0.933. The Morgan fingerprint density at radius 2 is 2.00 bits per heavy atom. The summed E-state index contributed by atoms with van der Waals surface area (Å²) in [7, 11) is 1.56. The van der Waals surface area contributed by atoms with Gasteiger partial charge in [-0.25, -0.2) is 4.79 Å². The van der Waals surface area contributed by atoms with Crippen molar-refractivity contribution in [1.82, 2.24) is 10.6 Å². The summed E-state index contributed by atoms with van der Waals surface area (Å²) in [5, 5.41) is 5.27. The number of thioether (sulfide) groups is 1. The average Bonchev–Trinajstić information content (AvgIpc) is 2.64. The number of rotatable bonds is 11. The summed E-state index contributed by atoms with van der Waals surface area (Å²) >= 11 is 1.22. The van der Waals surface area contributed by atoms with Crippen molar-refractivity contribution < 1.29 is 23.9 Å². The van der Waals surface area contributed by atoms with Crippen LogP contribution >= 0.6 is 11.8 Å². The highest BCUT2D eigenvalue weighted by molar-refractivity contribution is 8.00. The number of amides is 2. The fraction of sp³-hybridized carbons (Fsp3) is 0.389. The molecule has 2 amide bonds. The number of methoxy groups -OCH3 is 1. The molecule has 7 nitrogen and oxygen atoms in total. The Balaban J connectivity index is 2.64. The van der Waals surface area contributed by atoms with Crippen molar-refractivity contribution in [2.75, 3.05) is 32.6 Å². The summed E-state index contributed by atoms with van der Waals surface area (Å²) in [4.78, 5) is 36.5. The first-order valence-electron chi connectivity index (χ1n) is 8.06. The van der Waals surface area contributed by atoms with Gasteiger partial charge in [0.2, 0.25) is 5.91 Å². The SMILES string of the molecule is C=CCNC(=O)[C@H](C)OC(=O)c1ccccc1SCC(=O)NCCOC. The summed E-state index contributed by atoms with van der Waals surface area (Å²) in [6, 6.07) is 6.79. The van der Waals surface area contributed by atoms with Gasteiger partial charge < -0.3 is 20.1 Å². The zero-order valence-electron chi connectivity index (χ0n) is 14.9. The molecule has 0 unspecified atom stereocenters. The van der Waals surface area contributed by atoms with E-state index >= 15 is 0 Å². The highest BCUT2D eigenvalue weighted by atomic mass is 32.2. The first kappa shape index (κ1) is 21.7. The van der Waals surface area contributed by atoms with E-state index in [0.717, 1.165) is 0 Å². The molecule has 0 bridgehead atoms. The third kappa shape index (κ3) is 7.71. The molecule has 26 heavy (non-hydrogen) atoms. The molecule has 8 heteroatoms. The fourth-order valence-corrected chi connectivity index (χ4v) is 2.71. The molecule has 0 fully saturated rings. The lowest BCUT2D eigenvalue weighted by Gasteiger charge is -2.14. The highest BCUT2D eigenvalue weighted by Crippen LogP contribution is 2.23. The molecule has 1 rings (SSSR count). The number of hydrogen-bond donors (Lipinski definition) is 2. The summed E-state index contributed by atoms with van der Waals surface area (Å²) in [6.45, 7) is 6.16. The molecule has 2 N–H and O–H groups in total. The Kier molecular flexibility index (Phi) is 10.1. The minimum Gasteiger partial charge on any atom is -0.449 e. The Morgan fingerprint density at radius 3 is 2.69 bits per heavy atom. The largest absolute Gasteiger partial charge is 0.449 e. The van der Waals surface area contributed by atoms with Crippen LogP contribution in [0.4, 0.5) is 0 Å². The van der Waals surface area contributed by atoms with E-state index in [1.165, 1.54) is 24.8 Å². The fourth-order valence-electron chi connectivity index (χ4n) is 1.84. The molecule has 0 aromatic heterocycles. The molecule has 0 saturated carbocycles. The molecule has 142 valence electrons. The van der Waals surface area contributed by atoms with E-state index in [4.69, 9.17) is 9.47 Å². The molecule has 0 radical (unpaired) electrons. The Hall–Kier alpha value is -2.32. The summed E-state index contributed by atoms with van der Waals surface area (Å²) in [6.07, 6.45) is 0.605. The first-order valence-corrected chi connectivity index (χ1v) is 9.05. The van der Waals surface area contributed by atoms with Gasteiger partial charge in [-0.05, 0) is 19.1 Å². The predicted molar refractivity (Wildman–Crippen MR) is 100 cm³/mol. The van der Waals surface area contributed by atoms with Gasteiger partial charge in [-0.15, -0.1) is 18.3 Å². The number of nitrogens with one attached hydrogen (secondary N) is 2.